The van der Waals surface area contributed by atoms with E-state index >= 15 is 0 Å². The molecule has 0 spiro atoms. The Morgan fingerprint density at radius 2 is 0.690 bits per heavy atom. The lowest BCUT2D eigenvalue weighted by Crippen LogP contribution is -2.44. The molecule has 5 aromatic carbocycles. The number of hydrogen-bond acceptors (Lipinski definition) is 0. The van der Waals surface area contributed by atoms with Gasteiger partial charge >= 0.3 is 0 Å². The molecule has 1 unspecified atom stereocenters. The van der Waals surface area contributed by atoms with E-state index in [9.17, 15) is 0 Å². The van der Waals surface area contributed by atoms with E-state index in [0.717, 1.165) is 89.3 Å². The number of benzene rings is 5. The third-order valence-electron chi connectivity index (χ3n) is 26.8. The highest BCUT2D eigenvalue weighted by Crippen LogP contribution is 2.59. The number of fused-ring (bicyclic) bond motifs is 1. The standard InChI is InChI=1S/C19H40.C14H26.C14H14.C12H12.C11H18.C9H20.C8H16.C8H10.C7H14.2C5H12.C4H10/c1-4-7-9-11-12-14-16-18-19(6-3)17-15-13-10-8-5-2;2*1-12(13-8-4-2-5-9-13)14-10-6-3-7-11-14;1-2-10-7-8-11-5-3-4-6-12(11)9-10;1-11-5-8-2-9(6-11)4-10(3-8)7-11;1-4-7-8-9(5-2)6-3;2*1-2-8-6-4-3-5-7-8;1-7-5-3-2-4-6-7;1-5(2,3)4;1-4-5(2)3;1-4(2)3/h19H,4-18H2,1-3H3;12-14H,2-11H2,1H3;2-12H,1H3;3-9H,2H2,1H3;8-10H,2-7H2,1H3;9H,4-8H2,1-3H3;8H,2-7H2,1H3;3-7H,2H2,1H3;7H,2-6H2,1H3;1-4H3;5H,4H2,1-3H3;4H,1-3H3. The summed E-state index contributed by atoms with van der Waals surface area (Å²) in [6.07, 6.45) is 73.4. The highest BCUT2D eigenvalue weighted by molar-refractivity contribution is 5.83. The van der Waals surface area contributed by atoms with Gasteiger partial charge in [0.25, 0.3) is 0 Å². The molecule has 0 aromatic heterocycles. The van der Waals surface area contributed by atoms with Gasteiger partial charge in [-0.25, -0.2) is 0 Å². The van der Waals surface area contributed by atoms with Crippen LogP contribution in [0.15, 0.2) is 133 Å². The van der Waals surface area contributed by atoms with Crippen molar-refractivity contribution in [1.82, 2.24) is 0 Å². The Labute approximate surface area is 729 Å². The zero-order chi connectivity index (χ0) is 85.9. The van der Waals surface area contributed by atoms with Gasteiger partial charge in [-0.05, 0) is 166 Å². The minimum atomic E-state index is 0.484. The monoisotopic (exact) mass is 1600 g/mol. The summed E-state index contributed by atoms with van der Waals surface area (Å²) in [5.41, 5.74) is 6.87. The molecule has 0 heterocycles. The van der Waals surface area contributed by atoms with E-state index in [1.807, 2.05) is 6.07 Å². The maximum atomic E-state index is 2.55. The van der Waals surface area contributed by atoms with Crippen LogP contribution in [-0.2, 0) is 12.8 Å². The number of rotatable bonds is 28. The number of aryl methyl sites for hydroxylation is 2. The van der Waals surface area contributed by atoms with Crippen LogP contribution in [-0.4, -0.2) is 0 Å². The van der Waals surface area contributed by atoms with Gasteiger partial charge in [-0.1, -0.05) is 562 Å². The third-order valence-corrected chi connectivity index (χ3v) is 26.8. The highest BCUT2D eigenvalue weighted by atomic mass is 14.5. The molecule has 8 fully saturated rings. The van der Waals surface area contributed by atoms with Crippen molar-refractivity contribution < 1.29 is 0 Å². The molecule has 0 radical (unpaired) electrons. The second-order valence-corrected chi connectivity index (χ2v) is 41.2. The van der Waals surface area contributed by atoms with Crippen LogP contribution in [0.4, 0.5) is 0 Å². The summed E-state index contributed by atoms with van der Waals surface area (Å²) in [7, 11) is 0. The SMILES string of the molecule is CC(C)(C)C.CC(C)C.CC(C1CCCCC1)C1CCCCC1.CC(c1ccccc1)c1ccccc1.CC12CC3CC(CC(C3)C1)C2.CC1CCCCC1.CCC(C)C.CCC1CCCCC1.CCCCC(CC)CC.CCCCCCCCCC(CC)CCCCCCC.CCc1ccc2ccccc2c1.CCc1ccccc1. The normalized spacial score (nSPS) is 19.3. The predicted octanol–water partition coefficient (Wildman–Crippen LogP) is 40.0. The molecule has 0 aliphatic heterocycles. The topological polar surface area (TPSA) is 0 Å². The zero-order valence-corrected chi connectivity index (χ0v) is 82.6. The second kappa shape index (κ2) is 71.9. The van der Waals surface area contributed by atoms with Crippen molar-refractivity contribution in [2.75, 3.05) is 0 Å². The molecule has 1 atom stereocenters. The minimum absolute atomic E-state index is 0.484. The predicted molar refractivity (Wildman–Crippen MR) is 531 cm³/mol. The van der Waals surface area contributed by atoms with E-state index in [0.29, 0.717) is 11.3 Å². The van der Waals surface area contributed by atoms with Gasteiger partial charge in [-0.2, -0.15) is 0 Å². The first-order chi connectivity index (χ1) is 55.8. The Balaban J connectivity index is 0.000000646. The Hall–Kier alpha value is -3.64. The van der Waals surface area contributed by atoms with E-state index in [1.54, 1.807) is 38.5 Å². The van der Waals surface area contributed by atoms with Gasteiger partial charge < -0.3 is 0 Å². The van der Waals surface area contributed by atoms with E-state index in [2.05, 4.69) is 287 Å². The molecule has 8 aliphatic rings. The van der Waals surface area contributed by atoms with Gasteiger partial charge in [0, 0.05) is 5.92 Å². The molecule has 0 nitrogen and oxygen atoms in total. The van der Waals surface area contributed by atoms with Crippen LogP contribution < -0.4 is 0 Å². The van der Waals surface area contributed by atoms with E-state index in [-0.39, 0.29) is 0 Å². The van der Waals surface area contributed by atoms with E-state index in [4.69, 9.17) is 0 Å². The smallest absolute Gasteiger partial charge is 0.00610 e. The van der Waals surface area contributed by atoms with Crippen LogP contribution in [0.5, 0.6) is 0 Å². The first-order valence-electron chi connectivity index (χ1n) is 51.5. The summed E-state index contributed by atoms with van der Waals surface area (Å²) >= 11 is 0. The maximum Gasteiger partial charge on any atom is 0.00610 e. The van der Waals surface area contributed by atoms with Gasteiger partial charge in [0.2, 0.25) is 0 Å². The minimum Gasteiger partial charge on any atom is -0.0654 e. The summed E-state index contributed by atoms with van der Waals surface area (Å²) in [6.45, 7) is 52.1. The summed E-state index contributed by atoms with van der Waals surface area (Å²) in [5.74, 6) is 13.0. The summed E-state index contributed by atoms with van der Waals surface area (Å²) < 4.78 is 0. The molecule has 116 heavy (non-hydrogen) atoms. The van der Waals surface area contributed by atoms with Crippen LogP contribution in [0.25, 0.3) is 10.8 Å². The van der Waals surface area contributed by atoms with Crippen LogP contribution >= 0.6 is 0 Å². The van der Waals surface area contributed by atoms with Crippen LogP contribution in [0.2, 0.25) is 0 Å². The second-order valence-electron chi connectivity index (χ2n) is 41.2. The summed E-state index contributed by atoms with van der Waals surface area (Å²) in [6, 6.07) is 46.8. The van der Waals surface area contributed by atoms with Crippen LogP contribution in [0, 0.1) is 81.8 Å². The fraction of sp³-hybridized carbons (Fsp3) is 0.759. The Morgan fingerprint density at radius 3 is 1.01 bits per heavy atom. The van der Waals surface area contributed by atoms with Crippen molar-refractivity contribution in [2.24, 2.45) is 81.8 Å². The lowest BCUT2D eigenvalue weighted by molar-refractivity contribution is -0.0411. The van der Waals surface area contributed by atoms with Crippen molar-refractivity contribution in [2.45, 2.75) is 486 Å². The third kappa shape index (κ3) is 59.2. The first-order valence-corrected chi connectivity index (χ1v) is 51.5. The van der Waals surface area contributed by atoms with Gasteiger partial charge in [-0.3, -0.25) is 0 Å². The molecule has 13 rings (SSSR count). The molecular weight excluding hydrogens is 1390 g/mol. The highest BCUT2D eigenvalue weighted by Gasteiger charge is 2.48. The molecule has 0 amide bonds. The molecule has 5 aromatic rings. The largest absolute Gasteiger partial charge is 0.0654 e. The van der Waals surface area contributed by atoms with Crippen molar-refractivity contribution in [3.8, 4) is 0 Å². The molecular formula is C116H204. The fourth-order valence-electron chi connectivity index (χ4n) is 19.2. The molecule has 668 valence electrons. The Bertz CT molecular complexity index is 2720. The molecule has 0 saturated heterocycles. The van der Waals surface area contributed by atoms with Crippen molar-refractivity contribution in [1.29, 1.82) is 0 Å². The number of unbranched alkanes of at least 4 members (excludes halogenated alkanes) is 11. The van der Waals surface area contributed by atoms with E-state index in [1.165, 1.54) is 303 Å². The zero-order valence-electron chi connectivity index (χ0n) is 82.6. The maximum absolute atomic E-state index is 2.55. The molecule has 8 saturated carbocycles. The lowest BCUT2D eigenvalue weighted by Gasteiger charge is -2.55. The van der Waals surface area contributed by atoms with Crippen LogP contribution in [0.1, 0.15) is 496 Å². The molecule has 4 bridgehead atoms. The Kier molecular flexibility index (Phi) is 68.4. The molecule has 0 heteroatoms. The van der Waals surface area contributed by atoms with Crippen molar-refractivity contribution in [3.63, 3.8) is 0 Å². The first kappa shape index (κ1) is 110. The Morgan fingerprint density at radius 1 is 0.353 bits per heavy atom. The number of hydrogen-bond donors (Lipinski definition) is 0. The van der Waals surface area contributed by atoms with Gasteiger partial charge in [-0.15, -0.1) is 0 Å². The summed E-state index contributed by atoms with van der Waals surface area (Å²) in [4.78, 5) is 0. The summed E-state index contributed by atoms with van der Waals surface area (Å²) in [5, 5.41) is 2.67. The average molecular weight is 1600 g/mol. The fourth-order valence-corrected chi connectivity index (χ4v) is 19.2. The lowest BCUT2D eigenvalue weighted by atomic mass is 9.50. The quantitative estimate of drug-likeness (QED) is 0.0438. The van der Waals surface area contributed by atoms with Gasteiger partial charge in [0.15, 0.2) is 0 Å². The molecule has 0 N–H and O–H groups in total. The van der Waals surface area contributed by atoms with Crippen molar-refractivity contribution >= 4 is 10.8 Å². The average Bonchev–Trinajstić information content (AvgIpc) is 0.761. The van der Waals surface area contributed by atoms with Crippen molar-refractivity contribution in [3.05, 3.63) is 156 Å². The van der Waals surface area contributed by atoms with E-state index < -0.39 is 0 Å². The van der Waals surface area contributed by atoms with Gasteiger partial charge in [0.05, 0.1) is 0 Å². The molecule has 8 aliphatic carbocycles. The van der Waals surface area contributed by atoms with Gasteiger partial charge in [0.1, 0.15) is 0 Å². The van der Waals surface area contributed by atoms with Crippen LogP contribution in [0.3, 0.4) is 0 Å².